The van der Waals surface area contributed by atoms with Gasteiger partial charge in [-0.05, 0) is 39.3 Å². The monoisotopic (exact) mass is 343 g/mol. The van der Waals surface area contributed by atoms with Crippen LogP contribution in [0.5, 0.6) is 0 Å². The Bertz CT molecular complexity index is 604. The zero-order valence-electron chi connectivity index (χ0n) is 13.9. The Balaban J connectivity index is 2.07. The van der Waals surface area contributed by atoms with E-state index < -0.39 is 11.4 Å². The minimum atomic E-state index is -0.604. The van der Waals surface area contributed by atoms with E-state index in [0.29, 0.717) is 18.8 Å². The molecule has 0 aliphatic carbocycles. The average Bonchev–Trinajstić information content (AvgIpc) is 2.91. The summed E-state index contributed by atoms with van der Waals surface area (Å²) in [5, 5.41) is 0.0190. The maximum Gasteiger partial charge on any atom is 0.410 e. The number of nitrogens with zero attached hydrogens (tertiary/aromatic N) is 2. The van der Waals surface area contributed by atoms with E-state index in [0.717, 1.165) is 6.42 Å². The van der Waals surface area contributed by atoms with Gasteiger partial charge >= 0.3 is 6.09 Å². The standard InChI is InChI=1S/C16H23ClFN3O2/c1-16(2,3)23-15(22)20(4)10-7-8-21(9-10)12-6-5-11(19)14(18)13(12)17/h5-6,10H,7-9,19H2,1-4H3. The molecule has 1 saturated heterocycles. The van der Waals surface area contributed by atoms with Crippen LogP contribution in [0.15, 0.2) is 12.1 Å². The van der Waals surface area contributed by atoms with Gasteiger partial charge in [-0.3, -0.25) is 0 Å². The number of nitrogens with two attached hydrogens (primary N) is 1. The lowest BCUT2D eigenvalue weighted by molar-refractivity contribution is 0.0238. The van der Waals surface area contributed by atoms with Gasteiger partial charge in [-0.25, -0.2) is 9.18 Å². The molecule has 0 aromatic heterocycles. The number of ether oxygens (including phenoxy) is 1. The molecule has 1 heterocycles. The fraction of sp³-hybridized carbons (Fsp3) is 0.562. The molecule has 1 fully saturated rings. The van der Waals surface area contributed by atoms with E-state index in [1.165, 1.54) is 6.07 Å². The summed E-state index contributed by atoms with van der Waals surface area (Å²) in [6.07, 6.45) is 0.400. The van der Waals surface area contributed by atoms with Crippen LogP contribution in [-0.4, -0.2) is 42.8 Å². The second-order valence-corrected chi connectivity index (χ2v) is 7.16. The zero-order chi connectivity index (χ0) is 17.4. The summed E-state index contributed by atoms with van der Waals surface area (Å²) in [6, 6.07) is 3.19. The minimum Gasteiger partial charge on any atom is -0.444 e. The number of carbonyl (C=O) groups excluding carboxylic acids is 1. The number of carbonyl (C=O) groups is 1. The van der Waals surface area contributed by atoms with Crippen LogP contribution in [0.4, 0.5) is 20.6 Å². The largest absolute Gasteiger partial charge is 0.444 e. The van der Waals surface area contributed by atoms with E-state index in [2.05, 4.69) is 0 Å². The van der Waals surface area contributed by atoms with Gasteiger partial charge in [0.15, 0.2) is 5.82 Å². The smallest absolute Gasteiger partial charge is 0.410 e. The molecule has 1 aromatic rings. The molecule has 7 heteroatoms. The molecule has 0 spiro atoms. The normalized spacial score (nSPS) is 18.2. The Morgan fingerprint density at radius 3 is 2.74 bits per heavy atom. The first-order valence-corrected chi connectivity index (χ1v) is 7.92. The summed E-state index contributed by atoms with van der Waals surface area (Å²) in [6.45, 7) is 6.74. The average molecular weight is 344 g/mol. The van der Waals surface area contributed by atoms with E-state index in [4.69, 9.17) is 22.1 Å². The van der Waals surface area contributed by atoms with Gasteiger partial charge in [0.2, 0.25) is 0 Å². The number of hydrogen-bond donors (Lipinski definition) is 1. The third-order valence-electron chi connectivity index (χ3n) is 3.83. The zero-order valence-corrected chi connectivity index (χ0v) is 14.7. The molecule has 1 aliphatic heterocycles. The van der Waals surface area contributed by atoms with E-state index in [-0.39, 0.29) is 22.8 Å². The highest BCUT2D eigenvalue weighted by Crippen LogP contribution is 2.34. The van der Waals surface area contributed by atoms with Crippen LogP contribution in [0.25, 0.3) is 0 Å². The third-order valence-corrected chi connectivity index (χ3v) is 4.18. The summed E-state index contributed by atoms with van der Waals surface area (Å²) in [7, 11) is 1.72. The van der Waals surface area contributed by atoms with Crippen molar-refractivity contribution in [2.75, 3.05) is 30.8 Å². The second kappa shape index (κ2) is 6.43. The van der Waals surface area contributed by atoms with Crippen molar-refractivity contribution in [1.82, 2.24) is 4.90 Å². The minimum absolute atomic E-state index is 0.0125. The van der Waals surface area contributed by atoms with Crippen molar-refractivity contribution in [3.63, 3.8) is 0 Å². The molecule has 0 saturated carbocycles. The van der Waals surface area contributed by atoms with Crippen LogP contribution in [0, 0.1) is 5.82 Å². The number of nitrogen functional groups attached to an aromatic ring is 1. The Morgan fingerprint density at radius 2 is 2.13 bits per heavy atom. The quantitative estimate of drug-likeness (QED) is 0.835. The predicted octanol–water partition coefficient (Wildman–Crippen LogP) is 3.51. The first-order valence-electron chi connectivity index (χ1n) is 7.54. The first-order chi connectivity index (χ1) is 10.6. The van der Waals surface area contributed by atoms with Crippen LogP contribution in [0.1, 0.15) is 27.2 Å². The molecule has 2 rings (SSSR count). The summed E-state index contributed by atoms with van der Waals surface area (Å²) >= 11 is 6.05. The summed E-state index contributed by atoms with van der Waals surface area (Å²) in [5.41, 5.74) is 5.60. The molecule has 1 amide bonds. The first kappa shape index (κ1) is 17.7. The molecule has 1 aliphatic rings. The lowest BCUT2D eigenvalue weighted by atomic mass is 10.2. The Hall–Kier alpha value is -1.69. The fourth-order valence-electron chi connectivity index (χ4n) is 2.56. The van der Waals surface area contributed by atoms with E-state index in [1.807, 2.05) is 25.7 Å². The number of rotatable bonds is 2. The van der Waals surface area contributed by atoms with Crippen molar-refractivity contribution in [2.24, 2.45) is 0 Å². The van der Waals surface area contributed by atoms with Gasteiger partial charge < -0.3 is 20.3 Å². The van der Waals surface area contributed by atoms with Crippen LogP contribution < -0.4 is 10.6 Å². The van der Waals surface area contributed by atoms with Crippen molar-refractivity contribution in [3.8, 4) is 0 Å². The van der Waals surface area contributed by atoms with Crippen LogP contribution in [-0.2, 0) is 4.74 Å². The lowest BCUT2D eigenvalue weighted by Crippen LogP contribution is -2.42. The molecule has 128 valence electrons. The molecular formula is C16H23ClFN3O2. The highest BCUT2D eigenvalue weighted by molar-refractivity contribution is 6.33. The highest BCUT2D eigenvalue weighted by atomic mass is 35.5. The maximum atomic E-state index is 13.8. The van der Waals surface area contributed by atoms with Gasteiger partial charge in [-0.15, -0.1) is 0 Å². The van der Waals surface area contributed by atoms with Gasteiger partial charge in [0, 0.05) is 20.1 Å². The van der Waals surface area contributed by atoms with Gasteiger partial charge in [-0.2, -0.15) is 0 Å². The van der Waals surface area contributed by atoms with Gasteiger partial charge in [0.1, 0.15) is 10.6 Å². The summed E-state index contributed by atoms with van der Waals surface area (Å²) < 4.78 is 19.2. The number of halogens is 2. The number of amides is 1. The number of benzene rings is 1. The number of likely N-dealkylation sites (N-methyl/N-ethyl adjacent to an activating group) is 1. The fourth-order valence-corrected chi connectivity index (χ4v) is 2.85. The molecular weight excluding hydrogens is 321 g/mol. The van der Waals surface area contributed by atoms with E-state index in [1.54, 1.807) is 18.0 Å². The maximum absolute atomic E-state index is 13.8. The van der Waals surface area contributed by atoms with Crippen molar-refractivity contribution in [2.45, 2.75) is 38.8 Å². The SMILES string of the molecule is CN(C(=O)OC(C)(C)C)C1CCN(c2ccc(N)c(F)c2Cl)C1. The lowest BCUT2D eigenvalue weighted by Gasteiger charge is -2.29. The third kappa shape index (κ3) is 3.99. The topological polar surface area (TPSA) is 58.8 Å². The van der Waals surface area contributed by atoms with E-state index in [9.17, 15) is 9.18 Å². The Morgan fingerprint density at radius 1 is 1.48 bits per heavy atom. The van der Waals surface area contributed by atoms with Crippen LogP contribution in [0.2, 0.25) is 5.02 Å². The Kier molecular flexibility index (Phi) is 4.94. The molecule has 1 atom stereocenters. The molecule has 2 N–H and O–H groups in total. The predicted molar refractivity (Wildman–Crippen MR) is 90.4 cm³/mol. The van der Waals surface area contributed by atoms with Crippen molar-refractivity contribution in [1.29, 1.82) is 0 Å². The Labute approximate surface area is 141 Å². The van der Waals surface area contributed by atoms with Crippen molar-refractivity contribution < 1.29 is 13.9 Å². The van der Waals surface area contributed by atoms with Crippen molar-refractivity contribution >= 4 is 29.1 Å². The molecule has 1 unspecified atom stereocenters. The van der Waals surface area contributed by atoms with Crippen LogP contribution >= 0.6 is 11.6 Å². The van der Waals surface area contributed by atoms with Gasteiger partial charge in [-0.1, -0.05) is 11.6 Å². The highest BCUT2D eigenvalue weighted by Gasteiger charge is 2.32. The summed E-state index contributed by atoms with van der Waals surface area (Å²) in [5.74, 6) is -0.604. The van der Waals surface area contributed by atoms with Gasteiger partial charge in [0.25, 0.3) is 0 Å². The molecule has 23 heavy (non-hydrogen) atoms. The number of hydrogen-bond acceptors (Lipinski definition) is 4. The van der Waals surface area contributed by atoms with Crippen molar-refractivity contribution in [3.05, 3.63) is 23.0 Å². The molecule has 5 nitrogen and oxygen atoms in total. The second-order valence-electron chi connectivity index (χ2n) is 6.78. The molecule has 0 radical (unpaired) electrons. The molecule has 0 bridgehead atoms. The van der Waals surface area contributed by atoms with E-state index >= 15 is 0 Å². The van der Waals surface area contributed by atoms with Crippen LogP contribution in [0.3, 0.4) is 0 Å². The number of anilines is 2. The molecule has 1 aromatic carbocycles. The summed E-state index contributed by atoms with van der Waals surface area (Å²) in [4.78, 5) is 15.7. The van der Waals surface area contributed by atoms with Gasteiger partial charge in [0.05, 0.1) is 17.4 Å².